The molecular formula is C18H14F2N6O. The SMILES string of the molecule is Cc1c(-c2ccnc3cc(C(=O)Nc4cc(F)ccc4F)nn23)cnn1C. The summed E-state index contributed by atoms with van der Waals surface area (Å²) in [4.78, 5) is 16.7. The van der Waals surface area contributed by atoms with Crippen LogP contribution in [0, 0.1) is 18.6 Å². The minimum atomic E-state index is -0.738. The zero-order valence-electron chi connectivity index (χ0n) is 14.4. The monoisotopic (exact) mass is 368 g/mol. The highest BCUT2D eigenvalue weighted by Crippen LogP contribution is 2.23. The van der Waals surface area contributed by atoms with Gasteiger partial charge in [-0.3, -0.25) is 9.48 Å². The zero-order valence-corrected chi connectivity index (χ0v) is 14.4. The molecule has 1 aromatic carbocycles. The molecule has 3 heterocycles. The molecule has 0 aliphatic rings. The van der Waals surface area contributed by atoms with Gasteiger partial charge >= 0.3 is 0 Å². The molecule has 27 heavy (non-hydrogen) atoms. The van der Waals surface area contributed by atoms with Gasteiger partial charge in [0.25, 0.3) is 5.91 Å². The van der Waals surface area contributed by atoms with Crippen LogP contribution in [0.25, 0.3) is 16.9 Å². The summed E-state index contributed by atoms with van der Waals surface area (Å²) in [7, 11) is 1.83. The minimum absolute atomic E-state index is 0.0279. The van der Waals surface area contributed by atoms with Crippen LogP contribution < -0.4 is 5.32 Å². The van der Waals surface area contributed by atoms with Gasteiger partial charge in [0, 0.05) is 36.6 Å². The Bertz CT molecular complexity index is 1180. The van der Waals surface area contributed by atoms with Crippen LogP contribution in [0.3, 0.4) is 0 Å². The van der Waals surface area contributed by atoms with Gasteiger partial charge in [-0.05, 0) is 25.1 Å². The number of anilines is 1. The van der Waals surface area contributed by atoms with E-state index in [4.69, 9.17) is 0 Å². The average molecular weight is 368 g/mol. The third-order valence-electron chi connectivity index (χ3n) is 4.28. The topological polar surface area (TPSA) is 77.1 Å². The van der Waals surface area contributed by atoms with E-state index >= 15 is 0 Å². The molecule has 0 spiro atoms. The summed E-state index contributed by atoms with van der Waals surface area (Å²) < 4.78 is 30.3. The smallest absolute Gasteiger partial charge is 0.276 e. The normalized spacial score (nSPS) is 11.1. The average Bonchev–Trinajstić information content (AvgIpc) is 3.22. The van der Waals surface area contributed by atoms with Crippen LogP contribution in [0.15, 0.2) is 42.7 Å². The van der Waals surface area contributed by atoms with Crippen molar-refractivity contribution < 1.29 is 13.6 Å². The van der Waals surface area contributed by atoms with Crippen LogP contribution in [0.2, 0.25) is 0 Å². The number of aromatic nitrogens is 5. The molecular weight excluding hydrogens is 354 g/mol. The summed E-state index contributed by atoms with van der Waals surface area (Å²) in [6.07, 6.45) is 3.31. The number of nitrogens with one attached hydrogen (secondary N) is 1. The fraction of sp³-hybridized carbons (Fsp3) is 0.111. The number of amides is 1. The molecule has 0 aliphatic heterocycles. The van der Waals surface area contributed by atoms with Gasteiger partial charge in [0.15, 0.2) is 11.3 Å². The van der Waals surface area contributed by atoms with Crippen molar-refractivity contribution in [3.63, 3.8) is 0 Å². The third kappa shape index (κ3) is 2.92. The molecule has 136 valence electrons. The van der Waals surface area contributed by atoms with Crippen LogP contribution >= 0.6 is 0 Å². The van der Waals surface area contributed by atoms with E-state index in [1.54, 1.807) is 23.1 Å². The fourth-order valence-corrected chi connectivity index (χ4v) is 2.74. The molecule has 0 saturated carbocycles. The Morgan fingerprint density at radius 2 is 2.00 bits per heavy atom. The molecule has 0 saturated heterocycles. The van der Waals surface area contributed by atoms with Crippen molar-refractivity contribution in [2.75, 3.05) is 5.32 Å². The first-order valence-corrected chi connectivity index (χ1v) is 8.04. The molecule has 0 bridgehead atoms. The molecule has 9 heteroatoms. The van der Waals surface area contributed by atoms with E-state index in [0.29, 0.717) is 11.3 Å². The Kier molecular flexibility index (Phi) is 3.91. The molecule has 0 atom stereocenters. The summed E-state index contributed by atoms with van der Waals surface area (Å²) >= 11 is 0. The lowest BCUT2D eigenvalue weighted by molar-refractivity contribution is 0.102. The number of hydrogen-bond acceptors (Lipinski definition) is 4. The Morgan fingerprint density at radius 3 is 2.74 bits per heavy atom. The summed E-state index contributed by atoms with van der Waals surface area (Å²) in [6.45, 7) is 1.92. The number of nitrogens with zero attached hydrogens (tertiary/aromatic N) is 5. The van der Waals surface area contributed by atoms with Crippen molar-refractivity contribution in [1.29, 1.82) is 0 Å². The largest absolute Gasteiger partial charge is 0.318 e. The molecule has 0 radical (unpaired) electrons. The lowest BCUT2D eigenvalue weighted by Crippen LogP contribution is -2.14. The molecule has 1 N–H and O–H groups in total. The van der Waals surface area contributed by atoms with Crippen LogP contribution in [0.4, 0.5) is 14.5 Å². The first-order valence-electron chi connectivity index (χ1n) is 8.04. The van der Waals surface area contributed by atoms with Gasteiger partial charge in [-0.2, -0.15) is 10.2 Å². The van der Waals surface area contributed by atoms with E-state index in [0.717, 1.165) is 29.5 Å². The Morgan fingerprint density at radius 1 is 1.19 bits per heavy atom. The molecule has 4 aromatic rings. The molecule has 0 unspecified atom stereocenters. The lowest BCUT2D eigenvalue weighted by atomic mass is 10.2. The second-order valence-electron chi connectivity index (χ2n) is 5.98. The van der Waals surface area contributed by atoms with E-state index in [9.17, 15) is 13.6 Å². The van der Waals surface area contributed by atoms with Gasteiger partial charge in [0.05, 0.1) is 17.6 Å². The Balaban J connectivity index is 1.73. The number of halogens is 2. The number of carbonyl (C=O) groups excluding carboxylic acids is 1. The number of carbonyl (C=O) groups is 1. The number of fused-ring (bicyclic) bond motifs is 1. The quantitative estimate of drug-likeness (QED) is 0.603. The van der Waals surface area contributed by atoms with Gasteiger partial charge in [0.2, 0.25) is 0 Å². The van der Waals surface area contributed by atoms with Gasteiger partial charge in [-0.15, -0.1) is 0 Å². The summed E-state index contributed by atoms with van der Waals surface area (Å²) in [5, 5.41) is 10.8. The summed E-state index contributed by atoms with van der Waals surface area (Å²) in [5.74, 6) is -2.06. The second kappa shape index (κ2) is 6.27. The second-order valence-corrected chi connectivity index (χ2v) is 5.98. The van der Waals surface area contributed by atoms with Crippen molar-refractivity contribution in [2.45, 2.75) is 6.92 Å². The van der Waals surface area contributed by atoms with Crippen molar-refractivity contribution in [1.82, 2.24) is 24.4 Å². The summed E-state index contributed by atoms with van der Waals surface area (Å²) in [6, 6.07) is 6.06. The maximum absolute atomic E-state index is 13.8. The van der Waals surface area contributed by atoms with Gasteiger partial charge in [-0.25, -0.2) is 18.3 Å². The van der Waals surface area contributed by atoms with E-state index in [1.807, 2.05) is 14.0 Å². The standard InChI is InChI=1S/C18H14F2N6O/c1-10-12(9-22-25(10)2)16-5-6-21-17-8-15(24-26(16)17)18(27)23-14-7-11(19)3-4-13(14)20/h3-9H,1-2H3,(H,23,27). The van der Waals surface area contributed by atoms with Crippen molar-refractivity contribution in [3.05, 3.63) is 65.7 Å². The van der Waals surface area contributed by atoms with E-state index in [-0.39, 0.29) is 11.4 Å². The van der Waals surface area contributed by atoms with Crippen molar-refractivity contribution in [2.24, 2.45) is 7.05 Å². The van der Waals surface area contributed by atoms with Crippen molar-refractivity contribution in [3.8, 4) is 11.3 Å². The molecule has 7 nitrogen and oxygen atoms in total. The first kappa shape index (κ1) is 16.8. The lowest BCUT2D eigenvalue weighted by Gasteiger charge is -2.05. The van der Waals surface area contributed by atoms with E-state index in [2.05, 4.69) is 20.5 Å². The van der Waals surface area contributed by atoms with Crippen LogP contribution in [-0.2, 0) is 7.05 Å². The van der Waals surface area contributed by atoms with E-state index in [1.165, 1.54) is 10.6 Å². The predicted molar refractivity (Wildman–Crippen MR) is 94.2 cm³/mol. The van der Waals surface area contributed by atoms with Crippen molar-refractivity contribution >= 4 is 17.2 Å². The molecule has 1 amide bonds. The van der Waals surface area contributed by atoms with Gasteiger partial charge < -0.3 is 5.32 Å². The molecule has 4 rings (SSSR count). The Hall–Kier alpha value is -3.62. The van der Waals surface area contributed by atoms with E-state index < -0.39 is 17.5 Å². The zero-order chi connectivity index (χ0) is 19.1. The fourth-order valence-electron chi connectivity index (χ4n) is 2.74. The number of hydrogen-bond donors (Lipinski definition) is 1. The maximum atomic E-state index is 13.8. The highest BCUT2D eigenvalue weighted by atomic mass is 19.1. The highest BCUT2D eigenvalue weighted by molar-refractivity contribution is 6.03. The third-order valence-corrected chi connectivity index (χ3v) is 4.28. The molecule has 0 aliphatic carbocycles. The molecule has 0 fully saturated rings. The maximum Gasteiger partial charge on any atom is 0.276 e. The first-order chi connectivity index (χ1) is 12.9. The molecule has 3 aromatic heterocycles. The van der Waals surface area contributed by atoms with Gasteiger partial charge in [0.1, 0.15) is 11.6 Å². The minimum Gasteiger partial charge on any atom is -0.318 e. The Labute approximate surface area is 152 Å². The highest BCUT2D eigenvalue weighted by Gasteiger charge is 2.17. The van der Waals surface area contributed by atoms with Crippen LogP contribution in [0.1, 0.15) is 16.2 Å². The predicted octanol–water partition coefficient (Wildman–Crippen LogP) is 2.97. The summed E-state index contributed by atoms with van der Waals surface area (Å²) in [5.41, 5.74) is 2.69. The van der Waals surface area contributed by atoms with Gasteiger partial charge in [-0.1, -0.05) is 0 Å². The number of benzene rings is 1. The number of aryl methyl sites for hydroxylation is 1. The van der Waals surface area contributed by atoms with Crippen LogP contribution in [0.5, 0.6) is 0 Å². The number of rotatable bonds is 3. The van der Waals surface area contributed by atoms with Crippen LogP contribution in [-0.4, -0.2) is 30.3 Å².